The lowest BCUT2D eigenvalue weighted by atomic mass is 10.0. The van der Waals surface area contributed by atoms with Gasteiger partial charge in [-0.25, -0.2) is 0 Å². The maximum atomic E-state index is 11.7. The van der Waals surface area contributed by atoms with E-state index in [4.69, 9.17) is 5.73 Å². The van der Waals surface area contributed by atoms with Crippen molar-refractivity contribution in [2.45, 2.75) is 33.2 Å². The number of hydrogen-bond donors (Lipinski definition) is 2. The smallest absolute Gasteiger partial charge is 0.225 e. The van der Waals surface area contributed by atoms with E-state index < -0.39 is 0 Å². The molecule has 0 aromatic heterocycles. The molecule has 0 bridgehead atoms. The third-order valence-electron chi connectivity index (χ3n) is 2.60. The molecule has 1 aromatic carbocycles. The van der Waals surface area contributed by atoms with Crippen LogP contribution in [0.2, 0.25) is 0 Å². The van der Waals surface area contributed by atoms with Crippen molar-refractivity contribution in [1.29, 1.82) is 0 Å². The molecule has 3 N–H and O–H groups in total. The molecule has 1 rings (SSSR count). The fourth-order valence-corrected chi connectivity index (χ4v) is 2.08. The predicted molar refractivity (Wildman–Crippen MR) is 74.9 cm³/mol. The molecule has 4 heteroatoms. The Labute approximate surface area is 111 Å². The zero-order chi connectivity index (χ0) is 13.0. The number of aryl methyl sites for hydroxylation is 1. The fourth-order valence-electron chi connectivity index (χ4n) is 1.47. The van der Waals surface area contributed by atoms with Crippen molar-refractivity contribution in [2.75, 3.05) is 5.32 Å². The van der Waals surface area contributed by atoms with Gasteiger partial charge in [-0.15, -0.1) is 0 Å². The average Bonchev–Trinajstić information content (AvgIpc) is 2.14. The van der Waals surface area contributed by atoms with E-state index in [-0.39, 0.29) is 11.9 Å². The van der Waals surface area contributed by atoms with E-state index in [1.54, 1.807) is 0 Å². The Balaban J connectivity index is 2.62. The Morgan fingerprint density at radius 2 is 2.06 bits per heavy atom. The summed E-state index contributed by atoms with van der Waals surface area (Å²) in [5.74, 6) is 0.272. The Bertz CT molecular complexity index is 384. The summed E-state index contributed by atoms with van der Waals surface area (Å²) < 4.78 is 0.959. The number of amides is 1. The van der Waals surface area contributed by atoms with Crippen LogP contribution in [0.5, 0.6) is 0 Å². The molecule has 0 spiro atoms. The molecule has 1 aromatic rings. The van der Waals surface area contributed by atoms with E-state index in [1.165, 1.54) is 0 Å². The second-order valence-corrected chi connectivity index (χ2v) is 5.59. The minimum atomic E-state index is -0.0942. The number of benzene rings is 1. The number of hydrogen-bond acceptors (Lipinski definition) is 2. The third-order valence-corrected chi connectivity index (χ3v) is 3.06. The van der Waals surface area contributed by atoms with Crippen LogP contribution in [0, 0.1) is 12.8 Å². The van der Waals surface area contributed by atoms with Crippen molar-refractivity contribution in [3.63, 3.8) is 0 Å². The number of nitrogens with one attached hydrogen (secondary N) is 1. The maximum Gasteiger partial charge on any atom is 0.225 e. The molecule has 0 radical (unpaired) electrons. The minimum Gasteiger partial charge on any atom is -0.327 e. The first-order chi connectivity index (χ1) is 7.88. The van der Waals surface area contributed by atoms with Crippen molar-refractivity contribution >= 4 is 27.5 Å². The first-order valence-electron chi connectivity index (χ1n) is 5.71. The summed E-state index contributed by atoms with van der Waals surface area (Å²) in [6.07, 6.45) is 0.350. The lowest BCUT2D eigenvalue weighted by Crippen LogP contribution is -2.31. The second kappa shape index (κ2) is 6.17. The van der Waals surface area contributed by atoms with Crippen molar-refractivity contribution in [3.05, 3.63) is 28.2 Å². The van der Waals surface area contributed by atoms with E-state index in [0.717, 1.165) is 15.7 Å². The van der Waals surface area contributed by atoms with Gasteiger partial charge in [-0.1, -0.05) is 29.8 Å². The highest BCUT2D eigenvalue weighted by Crippen LogP contribution is 2.19. The summed E-state index contributed by atoms with van der Waals surface area (Å²) in [4.78, 5) is 11.7. The summed E-state index contributed by atoms with van der Waals surface area (Å²) in [5.41, 5.74) is 7.76. The number of carbonyl (C=O) groups is 1. The Hall–Kier alpha value is -0.870. The molecule has 3 nitrogen and oxygen atoms in total. The van der Waals surface area contributed by atoms with Crippen LogP contribution in [0.25, 0.3) is 0 Å². The van der Waals surface area contributed by atoms with Gasteiger partial charge in [-0.2, -0.15) is 0 Å². The van der Waals surface area contributed by atoms with E-state index >= 15 is 0 Å². The average molecular weight is 299 g/mol. The predicted octanol–water partition coefficient (Wildman–Crippen LogP) is 3.07. The van der Waals surface area contributed by atoms with Crippen molar-refractivity contribution in [3.8, 4) is 0 Å². The van der Waals surface area contributed by atoms with Crippen LogP contribution >= 0.6 is 15.9 Å². The molecular formula is C13H19BrN2O. The van der Waals surface area contributed by atoms with E-state index in [2.05, 4.69) is 21.2 Å². The number of nitrogens with two attached hydrogens (primary N) is 1. The summed E-state index contributed by atoms with van der Waals surface area (Å²) in [7, 11) is 0. The number of carbonyl (C=O) groups excluding carboxylic acids is 1. The van der Waals surface area contributed by atoms with Crippen LogP contribution < -0.4 is 11.1 Å². The highest BCUT2D eigenvalue weighted by Gasteiger charge is 2.13. The normalized spacial score (nSPS) is 12.6. The van der Waals surface area contributed by atoms with Crippen LogP contribution in [-0.4, -0.2) is 11.9 Å². The molecule has 1 atom stereocenters. The fraction of sp³-hybridized carbons (Fsp3) is 0.462. The molecule has 94 valence electrons. The molecule has 0 fully saturated rings. The van der Waals surface area contributed by atoms with Crippen molar-refractivity contribution in [2.24, 2.45) is 11.7 Å². The molecule has 1 unspecified atom stereocenters. The highest BCUT2D eigenvalue weighted by molar-refractivity contribution is 9.10. The quantitative estimate of drug-likeness (QED) is 0.897. The summed E-state index contributed by atoms with van der Waals surface area (Å²) in [6.45, 7) is 6.02. The van der Waals surface area contributed by atoms with Gasteiger partial charge in [0.2, 0.25) is 5.91 Å². The van der Waals surface area contributed by atoms with E-state index in [1.807, 2.05) is 39.0 Å². The largest absolute Gasteiger partial charge is 0.327 e. The van der Waals surface area contributed by atoms with Gasteiger partial charge in [0.15, 0.2) is 0 Å². The first-order valence-corrected chi connectivity index (χ1v) is 6.50. The lowest BCUT2D eigenvalue weighted by Gasteiger charge is -2.15. The van der Waals surface area contributed by atoms with Gasteiger partial charge in [-0.3, -0.25) is 4.79 Å². The van der Waals surface area contributed by atoms with Gasteiger partial charge in [-0.05, 0) is 36.6 Å². The van der Waals surface area contributed by atoms with Gasteiger partial charge in [0.1, 0.15) is 0 Å². The van der Waals surface area contributed by atoms with Crippen LogP contribution in [0.15, 0.2) is 22.7 Å². The molecule has 17 heavy (non-hydrogen) atoms. The van der Waals surface area contributed by atoms with Gasteiger partial charge in [0.05, 0.1) is 0 Å². The van der Waals surface area contributed by atoms with Crippen molar-refractivity contribution < 1.29 is 4.79 Å². The van der Waals surface area contributed by atoms with Gasteiger partial charge < -0.3 is 11.1 Å². The Morgan fingerprint density at radius 3 is 2.59 bits per heavy atom. The molecule has 0 aliphatic rings. The standard InChI is InChI=1S/C13H19BrN2O/c1-8(2)12(15)7-13(17)16-11-5-9(3)4-10(14)6-11/h4-6,8,12H,7,15H2,1-3H3,(H,16,17). The number of halogens is 1. The van der Waals surface area contributed by atoms with E-state index in [9.17, 15) is 4.79 Å². The third kappa shape index (κ3) is 4.88. The van der Waals surface area contributed by atoms with Gasteiger partial charge in [0.25, 0.3) is 0 Å². The zero-order valence-electron chi connectivity index (χ0n) is 10.5. The molecule has 0 aliphatic heterocycles. The summed E-state index contributed by atoms with van der Waals surface area (Å²) in [6, 6.07) is 5.72. The SMILES string of the molecule is Cc1cc(Br)cc(NC(=O)CC(N)C(C)C)c1. The lowest BCUT2D eigenvalue weighted by molar-refractivity contribution is -0.116. The molecular weight excluding hydrogens is 280 g/mol. The molecule has 1 amide bonds. The van der Waals surface area contributed by atoms with Crippen LogP contribution in [-0.2, 0) is 4.79 Å². The van der Waals surface area contributed by atoms with Crippen LogP contribution in [0.3, 0.4) is 0 Å². The zero-order valence-corrected chi connectivity index (χ0v) is 12.0. The number of rotatable bonds is 4. The van der Waals surface area contributed by atoms with E-state index in [0.29, 0.717) is 12.3 Å². The molecule has 0 heterocycles. The monoisotopic (exact) mass is 298 g/mol. The first kappa shape index (κ1) is 14.2. The Morgan fingerprint density at radius 1 is 1.41 bits per heavy atom. The van der Waals surface area contributed by atoms with Gasteiger partial charge >= 0.3 is 0 Å². The van der Waals surface area contributed by atoms with Crippen molar-refractivity contribution in [1.82, 2.24) is 0 Å². The second-order valence-electron chi connectivity index (χ2n) is 4.68. The highest BCUT2D eigenvalue weighted by atomic mass is 79.9. The summed E-state index contributed by atoms with van der Waals surface area (Å²) >= 11 is 3.40. The van der Waals surface area contributed by atoms with Crippen LogP contribution in [0.1, 0.15) is 25.8 Å². The Kier molecular flexibility index (Phi) is 5.15. The topological polar surface area (TPSA) is 55.1 Å². The molecule has 0 saturated heterocycles. The summed E-state index contributed by atoms with van der Waals surface area (Å²) in [5, 5.41) is 2.86. The minimum absolute atomic E-state index is 0.0382. The van der Waals surface area contributed by atoms with Gasteiger partial charge in [0, 0.05) is 22.6 Å². The maximum absolute atomic E-state index is 11.7. The molecule has 0 aliphatic carbocycles. The molecule has 0 saturated carbocycles. The van der Waals surface area contributed by atoms with Crippen LogP contribution in [0.4, 0.5) is 5.69 Å². The number of anilines is 1.